The molecule has 0 amide bonds. The Kier molecular flexibility index (Phi) is 1.85. The highest BCUT2D eigenvalue weighted by atomic mass is 19.4. The topological polar surface area (TPSA) is 40.7 Å². The van der Waals surface area contributed by atoms with Crippen LogP contribution < -0.4 is 5.32 Å². The maximum Gasteiger partial charge on any atom is 0.432 e. The zero-order valence-electron chi connectivity index (χ0n) is 7.57. The zero-order chi connectivity index (χ0) is 10.4. The lowest BCUT2D eigenvalue weighted by Crippen LogP contribution is -2.26. The van der Waals surface area contributed by atoms with Gasteiger partial charge in [-0.1, -0.05) is 0 Å². The summed E-state index contributed by atoms with van der Waals surface area (Å²) in [7, 11) is 1.72. The Balaban J connectivity index is 2.27. The van der Waals surface area contributed by atoms with Gasteiger partial charge in [-0.05, 0) is 19.9 Å². The minimum atomic E-state index is -4.34. The van der Waals surface area contributed by atoms with E-state index in [2.05, 4.69) is 15.3 Å². The van der Waals surface area contributed by atoms with E-state index in [0.29, 0.717) is 5.82 Å². The number of H-pyrrole nitrogens is 1. The summed E-state index contributed by atoms with van der Waals surface area (Å²) in [5.41, 5.74) is -1.13. The van der Waals surface area contributed by atoms with E-state index in [-0.39, 0.29) is 5.54 Å². The first kappa shape index (κ1) is 9.51. The fourth-order valence-electron chi connectivity index (χ4n) is 1.44. The molecule has 0 atom stereocenters. The Morgan fingerprint density at radius 1 is 1.50 bits per heavy atom. The van der Waals surface area contributed by atoms with Crippen molar-refractivity contribution in [2.45, 2.75) is 24.6 Å². The minimum Gasteiger partial charge on any atom is -0.337 e. The predicted molar refractivity (Wildman–Crippen MR) is 43.6 cm³/mol. The standard InChI is InChI=1S/C8H10F3N3/c1-12-7(2-3-7)6-13-4-5(14-6)8(9,10)11/h4,12H,2-3H2,1H3,(H,13,14). The number of aromatic nitrogens is 2. The van der Waals surface area contributed by atoms with E-state index < -0.39 is 11.9 Å². The van der Waals surface area contributed by atoms with Crippen LogP contribution in [0.2, 0.25) is 0 Å². The number of hydrogen-bond donors (Lipinski definition) is 2. The molecule has 78 valence electrons. The average Bonchev–Trinajstić information content (AvgIpc) is 2.73. The molecule has 6 heteroatoms. The van der Waals surface area contributed by atoms with Gasteiger partial charge < -0.3 is 10.3 Å². The Bertz CT molecular complexity index is 338. The van der Waals surface area contributed by atoms with Crippen LogP contribution in [0.5, 0.6) is 0 Å². The molecule has 14 heavy (non-hydrogen) atoms. The summed E-state index contributed by atoms with van der Waals surface area (Å²) < 4.78 is 36.7. The van der Waals surface area contributed by atoms with Crippen LogP contribution in [0.1, 0.15) is 24.4 Å². The van der Waals surface area contributed by atoms with E-state index in [1.165, 1.54) is 0 Å². The van der Waals surface area contributed by atoms with Crippen molar-refractivity contribution in [3.63, 3.8) is 0 Å². The summed E-state index contributed by atoms with van der Waals surface area (Å²) >= 11 is 0. The van der Waals surface area contributed by atoms with Crippen molar-refractivity contribution in [2.24, 2.45) is 0 Å². The van der Waals surface area contributed by atoms with Crippen molar-refractivity contribution in [3.8, 4) is 0 Å². The van der Waals surface area contributed by atoms with Crippen LogP contribution in [0.15, 0.2) is 6.20 Å². The second-order valence-corrected chi connectivity index (χ2v) is 3.48. The highest BCUT2D eigenvalue weighted by Crippen LogP contribution is 2.44. The monoisotopic (exact) mass is 205 g/mol. The number of nitrogens with zero attached hydrogens (tertiary/aromatic N) is 1. The molecule has 0 saturated heterocycles. The summed E-state index contributed by atoms with van der Waals surface area (Å²) in [5, 5.41) is 2.97. The van der Waals surface area contributed by atoms with Gasteiger partial charge in [0.2, 0.25) is 0 Å². The molecule has 1 fully saturated rings. The molecule has 0 aliphatic heterocycles. The van der Waals surface area contributed by atoms with Gasteiger partial charge in [0, 0.05) is 0 Å². The molecular formula is C8H10F3N3. The second kappa shape index (κ2) is 2.73. The summed E-state index contributed by atoms with van der Waals surface area (Å²) in [6.45, 7) is 0. The SMILES string of the molecule is CNC1(c2ncc(C(F)(F)F)[nH]2)CC1. The van der Waals surface area contributed by atoms with E-state index >= 15 is 0 Å². The zero-order valence-corrected chi connectivity index (χ0v) is 7.57. The number of imidazole rings is 1. The van der Waals surface area contributed by atoms with E-state index in [0.717, 1.165) is 19.0 Å². The first-order valence-electron chi connectivity index (χ1n) is 4.29. The first-order chi connectivity index (χ1) is 6.48. The first-order valence-corrected chi connectivity index (χ1v) is 4.29. The van der Waals surface area contributed by atoms with Crippen molar-refractivity contribution in [3.05, 3.63) is 17.7 Å². The molecule has 0 spiro atoms. The largest absolute Gasteiger partial charge is 0.432 e. The maximum atomic E-state index is 12.2. The third-order valence-corrected chi connectivity index (χ3v) is 2.56. The summed E-state index contributed by atoms with van der Waals surface area (Å²) in [4.78, 5) is 6.06. The van der Waals surface area contributed by atoms with Crippen molar-refractivity contribution in [2.75, 3.05) is 7.05 Å². The van der Waals surface area contributed by atoms with E-state index in [1.807, 2.05) is 0 Å². The molecule has 1 heterocycles. The summed E-state index contributed by atoms with van der Waals surface area (Å²) in [6.07, 6.45) is -1.84. The van der Waals surface area contributed by atoms with Crippen molar-refractivity contribution in [1.29, 1.82) is 0 Å². The van der Waals surface area contributed by atoms with Gasteiger partial charge in [0.1, 0.15) is 11.5 Å². The molecule has 0 radical (unpaired) electrons. The predicted octanol–water partition coefficient (Wildman–Crippen LogP) is 1.64. The van der Waals surface area contributed by atoms with Gasteiger partial charge in [0.15, 0.2) is 0 Å². The van der Waals surface area contributed by atoms with E-state index in [9.17, 15) is 13.2 Å². The van der Waals surface area contributed by atoms with Gasteiger partial charge in [-0.25, -0.2) is 4.98 Å². The van der Waals surface area contributed by atoms with Crippen molar-refractivity contribution >= 4 is 0 Å². The van der Waals surface area contributed by atoms with Crippen LogP contribution in [-0.4, -0.2) is 17.0 Å². The van der Waals surface area contributed by atoms with Crippen molar-refractivity contribution in [1.82, 2.24) is 15.3 Å². The highest BCUT2D eigenvalue weighted by molar-refractivity contribution is 5.19. The molecule has 1 aromatic heterocycles. The van der Waals surface area contributed by atoms with Crippen LogP contribution in [0.3, 0.4) is 0 Å². The Hall–Kier alpha value is -1.04. The van der Waals surface area contributed by atoms with Gasteiger partial charge in [-0.15, -0.1) is 0 Å². The third-order valence-electron chi connectivity index (χ3n) is 2.56. The normalized spacial score (nSPS) is 19.7. The number of alkyl halides is 3. The number of nitrogens with one attached hydrogen (secondary N) is 2. The molecule has 0 bridgehead atoms. The molecule has 1 saturated carbocycles. The lowest BCUT2D eigenvalue weighted by molar-refractivity contribution is -0.141. The van der Waals surface area contributed by atoms with Crippen LogP contribution in [0.4, 0.5) is 13.2 Å². The van der Waals surface area contributed by atoms with Gasteiger partial charge in [0.05, 0.1) is 11.7 Å². The molecular weight excluding hydrogens is 195 g/mol. The quantitative estimate of drug-likeness (QED) is 0.770. The maximum absolute atomic E-state index is 12.2. The van der Waals surface area contributed by atoms with Gasteiger partial charge in [-0.3, -0.25) is 0 Å². The molecule has 1 aromatic rings. The molecule has 1 aliphatic rings. The smallest absolute Gasteiger partial charge is 0.337 e. The lowest BCUT2D eigenvalue weighted by atomic mass is 10.2. The third kappa shape index (κ3) is 1.39. The Labute approximate surface area is 78.7 Å². The molecule has 0 unspecified atom stereocenters. The highest BCUT2D eigenvalue weighted by Gasteiger charge is 2.46. The van der Waals surface area contributed by atoms with Gasteiger partial charge >= 0.3 is 6.18 Å². The minimum absolute atomic E-state index is 0.344. The number of rotatable bonds is 2. The molecule has 3 nitrogen and oxygen atoms in total. The fourth-order valence-corrected chi connectivity index (χ4v) is 1.44. The fraction of sp³-hybridized carbons (Fsp3) is 0.625. The summed E-state index contributed by atoms with van der Waals surface area (Å²) in [5.74, 6) is 0.382. The molecule has 1 aliphatic carbocycles. The van der Waals surface area contributed by atoms with Crippen molar-refractivity contribution < 1.29 is 13.2 Å². The second-order valence-electron chi connectivity index (χ2n) is 3.48. The van der Waals surface area contributed by atoms with Crippen LogP contribution >= 0.6 is 0 Å². The number of halogens is 3. The van der Waals surface area contributed by atoms with Gasteiger partial charge in [0.25, 0.3) is 0 Å². The molecule has 0 aromatic carbocycles. The average molecular weight is 205 g/mol. The lowest BCUT2D eigenvalue weighted by Gasteiger charge is -2.10. The summed E-state index contributed by atoms with van der Waals surface area (Å²) in [6, 6.07) is 0. The van der Waals surface area contributed by atoms with Crippen LogP contribution in [0.25, 0.3) is 0 Å². The van der Waals surface area contributed by atoms with Crippen LogP contribution in [0, 0.1) is 0 Å². The van der Waals surface area contributed by atoms with Gasteiger partial charge in [-0.2, -0.15) is 13.2 Å². The number of aromatic amines is 1. The number of hydrogen-bond acceptors (Lipinski definition) is 2. The van der Waals surface area contributed by atoms with E-state index in [4.69, 9.17) is 0 Å². The Morgan fingerprint density at radius 2 is 2.14 bits per heavy atom. The Morgan fingerprint density at radius 3 is 2.50 bits per heavy atom. The van der Waals surface area contributed by atoms with Crippen LogP contribution in [-0.2, 0) is 11.7 Å². The van der Waals surface area contributed by atoms with E-state index in [1.54, 1.807) is 7.05 Å². The molecule has 2 N–H and O–H groups in total. The molecule has 2 rings (SSSR count).